The van der Waals surface area contributed by atoms with E-state index in [2.05, 4.69) is 31.9 Å². The van der Waals surface area contributed by atoms with Gasteiger partial charge in [-0.05, 0) is 31.9 Å². The average molecular weight is 280 g/mol. The van der Waals surface area contributed by atoms with Crippen LogP contribution in [0.25, 0.3) is 0 Å². The molecule has 1 fully saturated rings. The molecule has 0 aromatic heterocycles. The van der Waals surface area contributed by atoms with Crippen LogP contribution in [0, 0.1) is 0 Å². The summed E-state index contributed by atoms with van der Waals surface area (Å²) >= 11 is 14.7. The van der Waals surface area contributed by atoms with Gasteiger partial charge in [0.2, 0.25) is 0 Å². The summed E-state index contributed by atoms with van der Waals surface area (Å²) < 4.78 is 1.01. The molecule has 0 bridgehead atoms. The molecule has 0 amide bonds. The third-order valence-corrected chi connectivity index (χ3v) is 4.66. The van der Waals surface area contributed by atoms with Gasteiger partial charge in [-0.15, -0.1) is 0 Å². The van der Waals surface area contributed by atoms with Gasteiger partial charge in [0.1, 0.15) is 3.53 Å². The molecule has 1 rings (SSSR count). The Kier molecular flexibility index (Phi) is 2.13. The molecule has 0 nitrogen and oxygen atoms in total. The van der Waals surface area contributed by atoms with Crippen molar-refractivity contribution in [1.29, 1.82) is 0 Å². The van der Waals surface area contributed by atoms with Crippen molar-refractivity contribution in [2.75, 3.05) is 0 Å². The van der Waals surface area contributed by atoms with Crippen molar-refractivity contribution < 1.29 is 0 Å². The second kappa shape index (κ2) is 2.17. The lowest BCUT2D eigenvalue weighted by molar-refractivity contribution is 2.03. The highest BCUT2D eigenvalue weighted by Crippen LogP contribution is 2.61. The Morgan fingerprint density at radius 3 is 1.86 bits per heavy atom. The molecule has 0 N–H and O–H groups in total. The van der Waals surface area contributed by atoms with Gasteiger partial charge in [0.05, 0.1) is 0 Å². The molecule has 7 heavy (non-hydrogen) atoms. The summed E-state index contributed by atoms with van der Waals surface area (Å²) in [6.07, 6.45) is 0. The molecule has 0 saturated carbocycles. The van der Waals surface area contributed by atoms with E-state index in [9.17, 15) is 0 Å². The van der Waals surface area contributed by atoms with Crippen LogP contribution < -0.4 is 0 Å². The SMILES string of the molecule is S=C1SC(Br)(Br)S1. The molecule has 1 saturated heterocycles. The maximum Gasteiger partial charge on any atom is 0.182 e. The van der Waals surface area contributed by atoms with Gasteiger partial charge in [-0.1, -0.05) is 35.7 Å². The summed E-state index contributed by atoms with van der Waals surface area (Å²) in [4.78, 5) is 0. The Hall–Kier alpha value is 1.75. The molecule has 1 aliphatic rings. The zero-order chi connectivity index (χ0) is 5.49. The standard InChI is InChI=1S/C2Br2S3/c3-2(4)6-1(5)7-2. The van der Waals surface area contributed by atoms with E-state index in [4.69, 9.17) is 12.2 Å². The van der Waals surface area contributed by atoms with Crippen LogP contribution in [0.2, 0.25) is 0 Å². The first-order chi connectivity index (χ1) is 3.10. The third kappa shape index (κ3) is 1.86. The van der Waals surface area contributed by atoms with Crippen LogP contribution in [-0.4, -0.2) is 5.43 Å². The average Bonchev–Trinajstić information content (AvgIpc) is 1.27. The van der Waals surface area contributed by atoms with Crippen molar-refractivity contribution in [3.8, 4) is 0 Å². The number of hydrogen-bond donors (Lipinski definition) is 0. The maximum atomic E-state index is 4.80. The monoisotopic (exact) mass is 278 g/mol. The number of thiocarbonyl (C=S) groups is 1. The van der Waals surface area contributed by atoms with Crippen molar-refractivity contribution in [2.45, 2.75) is 1.90 Å². The van der Waals surface area contributed by atoms with Crippen LogP contribution in [0.15, 0.2) is 0 Å². The molecule has 1 aliphatic heterocycles. The number of alkyl halides is 2. The van der Waals surface area contributed by atoms with E-state index in [1.165, 1.54) is 0 Å². The lowest BCUT2D eigenvalue weighted by Gasteiger charge is -2.27. The van der Waals surface area contributed by atoms with Crippen molar-refractivity contribution in [1.82, 2.24) is 0 Å². The number of hydrogen-bond acceptors (Lipinski definition) is 3. The van der Waals surface area contributed by atoms with Gasteiger partial charge in [0.15, 0.2) is 1.90 Å². The quantitative estimate of drug-likeness (QED) is 0.494. The van der Waals surface area contributed by atoms with E-state index < -0.39 is 0 Å². The van der Waals surface area contributed by atoms with Gasteiger partial charge in [-0.2, -0.15) is 0 Å². The topological polar surface area (TPSA) is 0 Å². The summed E-state index contributed by atoms with van der Waals surface area (Å²) in [5, 5.41) is 0. The highest BCUT2D eigenvalue weighted by atomic mass is 79.9. The predicted octanol–water partition coefficient (Wildman–Crippen LogP) is 3.15. The summed E-state index contributed by atoms with van der Waals surface area (Å²) in [7, 11) is 0. The Morgan fingerprint density at radius 2 is 1.86 bits per heavy atom. The molecule has 0 aromatic carbocycles. The Bertz CT molecular complexity index is 99.5. The minimum atomic E-state index is 0.0110. The first-order valence-corrected chi connectivity index (χ1v) is 5.03. The zero-order valence-electron chi connectivity index (χ0n) is 2.98. The highest BCUT2D eigenvalue weighted by Gasteiger charge is 2.38. The van der Waals surface area contributed by atoms with E-state index in [0.717, 1.165) is 3.53 Å². The van der Waals surface area contributed by atoms with Crippen LogP contribution in [0.4, 0.5) is 0 Å². The van der Waals surface area contributed by atoms with Crippen LogP contribution in [-0.2, 0) is 0 Å². The lowest BCUT2D eigenvalue weighted by Crippen LogP contribution is -2.13. The maximum absolute atomic E-state index is 4.80. The second-order valence-electron chi connectivity index (χ2n) is 0.917. The summed E-state index contributed by atoms with van der Waals surface area (Å²) in [6, 6.07) is 0. The summed E-state index contributed by atoms with van der Waals surface area (Å²) in [6.45, 7) is 0. The van der Waals surface area contributed by atoms with Crippen molar-refractivity contribution in [3.05, 3.63) is 0 Å². The Morgan fingerprint density at radius 1 is 1.43 bits per heavy atom. The van der Waals surface area contributed by atoms with Gasteiger partial charge in [0.25, 0.3) is 0 Å². The Labute approximate surface area is 72.4 Å². The minimum absolute atomic E-state index is 0.0110. The number of rotatable bonds is 0. The predicted molar refractivity (Wildman–Crippen MR) is 48.4 cm³/mol. The van der Waals surface area contributed by atoms with Crippen molar-refractivity contribution >= 4 is 71.1 Å². The van der Waals surface area contributed by atoms with Gasteiger partial charge >= 0.3 is 0 Å². The molecule has 5 heteroatoms. The zero-order valence-corrected chi connectivity index (χ0v) is 8.60. The molecular weight excluding hydrogens is 280 g/mol. The van der Waals surface area contributed by atoms with Gasteiger partial charge in [-0.25, -0.2) is 0 Å². The fourth-order valence-electron chi connectivity index (χ4n) is 0.202. The van der Waals surface area contributed by atoms with Crippen molar-refractivity contribution in [3.63, 3.8) is 0 Å². The number of halogens is 2. The fraction of sp³-hybridized carbons (Fsp3) is 0.500. The van der Waals surface area contributed by atoms with E-state index >= 15 is 0 Å². The van der Waals surface area contributed by atoms with Crippen LogP contribution in [0.5, 0.6) is 0 Å². The first kappa shape index (κ1) is 6.86. The second-order valence-corrected chi connectivity index (χ2v) is 10.4. The Balaban J connectivity index is 2.43. The van der Waals surface area contributed by atoms with Crippen LogP contribution in [0.1, 0.15) is 0 Å². The molecule has 0 atom stereocenters. The molecular formula is C2Br2S3. The fourth-order valence-corrected chi connectivity index (χ4v) is 7.19. The largest absolute Gasteiger partial charge is 0.182 e. The van der Waals surface area contributed by atoms with E-state index in [1.807, 2.05) is 0 Å². The molecule has 0 aromatic rings. The van der Waals surface area contributed by atoms with Gasteiger partial charge in [-0.3, -0.25) is 0 Å². The van der Waals surface area contributed by atoms with E-state index in [0.29, 0.717) is 0 Å². The highest BCUT2D eigenvalue weighted by molar-refractivity contribution is 9.33. The molecule has 0 aliphatic carbocycles. The summed E-state index contributed by atoms with van der Waals surface area (Å²) in [5.41, 5.74) is 0. The normalized spacial score (nSPS) is 26.9. The van der Waals surface area contributed by atoms with E-state index in [-0.39, 0.29) is 1.90 Å². The van der Waals surface area contributed by atoms with Crippen LogP contribution in [0.3, 0.4) is 0 Å². The molecule has 0 spiro atoms. The van der Waals surface area contributed by atoms with Crippen molar-refractivity contribution in [2.24, 2.45) is 0 Å². The third-order valence-electron chi connectivity index (χ3n) is 0.404. The minimum Gasteiger partial charge on any atom is -0.0662 e. The smallest absolute Gasteiger partial charge is 0.0662 e. The molecule has 1 heterocycles. The molecule has 0 radical (unpaired) electrons. The first-order valence-electron chi connectivity index (χ1n) is 1.40. The van der Waals surface area contributed by atoms with Gasteiger partial charge < -0.3 is 0 Å². The van der Waals surface area contributed by atoms with Crippen LogP contribution >= 0.6 is 67.6 Å². The lowest BCUT2D eigenvalue weighted by atomic mass is 11.8. The van der Waals surface area contributed by atoms with E-state index in [1.54, 1.807) is 23.5 Å². The van der Waals surface area contributed by atoms with Gasteiger partial charge in [0, 0.05) is 0 Å². The summed E-state index contributed by atoms with van der Waals surface area (Å²) in [5.74, 6) is 0. The molecule has 0 unspecified atom stereocenters. The number of thioether (sulfide) groups is 2. The molecule has 40 valence electrons.